The van der Waals surface area contributed by atoms with Crippen LogP contribution in [0.15, 0.2) is 35.1 Å². The number of halogens is 1. The van der Waals surface area contributed by atoms with Crippen LogP contribution in [-0.2, 0) is 4.74 Å². The van der Waals surface area contributed by atoms with E-state index in [0.29, 0.717) is 22.4 Å². The minimum Gasteiger partial charge on any atom is -0.452 e. The number of fused-ring (bicyclic) bond motifs is 2. The molecule has 2 atom stereocenters. The Morgan fingerprint density at radius 2 is 1.94 bits per heavy atom. The van der Waals surface area contributed by atoms with Crippen LogP contribution in [-0.4, -0.2) is 48.0 Å². The Bertz CT molecular complexity index is 1250. The van der Waals surface area contributed by atoms with Gasteiger partial charge in [0.05, 0.1) is 5.69 Å². The fourth-order valence-corrected chi connectivity index (χ4v) is 5.80. The molecular formula is C25H29BrN6O3S. The number of aromatic nitrogens is 4. The molecular weight excluding hydrogens is 544 g/mol. The molecule has 190 valence electrons. The van der Waals surface area contributed by atoms with Crippen molar-refractivity contribution in [3.8, 4) is 11.5 Å². The molecule has 2 fully saturated rings. The first-order valence-electron chi connectivity index (χ1n) is 12.0. The van der Waals surface area contributed by atoms with Gasteiger partial charge in [0, 0.05) is 52.5 Å². The molecule has 2 aliphatic heterocycles. The van der Waals surface area contributed by atoms with E-state index in [4.69, 9.17) is 14.5 Å². The van der Waals surface area contributed by atoms with Gasteiger partial charge in [0.25, 0.3) is 0 Å². The maximum absolute atomic E-state index is 12.8. The average molecular weight is 574 g/mol. The third-order valence-corrected chi connectivity index (χ3v) is 7.45. The number of hydrogen-bond acceptors (Lipinski definition) is 9. The van der Waals surface area contributed by atoms with Crippen LogP contribution >= 0.6 is 27.5 Å². The minimum absolute atomic E-state index is 0.166. The number of pyridine rings is 2. The summed E-state index contributed by atoms with van der Waals surface area (Å²) in [5.74, 6) is 2.78. The van der Waals surface area contributed by atoms with E-state index < -0.39 is 5.60 Å². The first kappa shape index (κ1) is 24.9. The molecule has 0 aromatic carbocycles. The number of piperidine rings is 1. The monoisotopic (exact) mass is 572 g/mol. The Hall–Kier alpha value is -2.79. The van der Waals surface area contributed by atoms with Crippen molar-refractivity contribution in [2.75, 3.05) is 5.32 Å². The van der Waals surface area contributed by atoms with Gasteiger partial charge in [0.1, 0.15) is 17.2 Å². The number of amides is 1. The number of aryl methyl sites for hydroxylation is 1. The van der Waals surface area contributed by atoms with Gasteiger partial charge in [-0.15, -0.1) is 0 Å². The van der Waals surface area contributed by atoms with Crippen molar-refractivity contribution in [3.05, 3.63) is 46.6 Å². The molecule has 3 aromatic rings. The lowest BCUT2D eigenvalue weighted by Crippen LogP contribution is -2.48. The van der Waals surface area contributed by atoms with Crippen molar-refractivity contribution in [1.82, 2.24) is 24.2 Å². The molecule has 2 bridgehead atoms. The summed E-state index contributed by atoms with van der Waals surface area (Å²) in [5.41, 5.74) is 0.290. The molecule has 2 saturated heterocycles. The predicted octanol–water partition coefficient (Wildman–Crippen LogP) is 6.58. The zero-order valence-corrected chi connectivity index (χ0v) is 23.1. The van der Waals surface area contributed by atoms with Crippen LogP contribution in [0.4, 0.5) is 15.7 Å². The lowest BCUT2D eigenvalue weighted by atomic mass is 9.90. The summed E-state index contributed by atoms with van der Waals surface area (Å²) >= 11 is 4.77. The van der Waals surface area contributed by atoms with Crippen molar-refractivity contribution in [2.45, 2.75) is 77.0 Å². The first-order chi connectivity index (χ1) is 17.2. The number of nitrogens with one attached hydrogen (secondary N) is 1. The van der Waals surface area contributed by atoms with Gasteiger partial charge in [-0.3, -0.25) is 4.98 Å². The fourth-order valence-electron chi connectivity index (χ4n) is 4.84. The summed E-state index contributed by atoms with van der Waals surface area (Å²) in [6.07, 6.45) is 6.90. The number of nitrogens with zero attached hydrogens (tertiary/aromatic N) is 5. The molecule has 0 spiro atoms. The van der Waals surface area contributed by atoms with E-state index in [-0.39, 0.29) is 24.1 Å². The Morgan fingerprint density at radius 1 is 1.19 bits per heavy atom. The van der Waals surface area contributed by atoms with E-state index in [1.807, 2.05) is 50.8 Å². The Morgan fingerprint density at radius 3 is 2.64 bits per heavy atom. The largest absolute Gasteiger partial charge is 0.452 e. The SMILES string of the molecule is Cc1ncccc1Oc1cc(Br)cnc1Nc1nc(C2CC3CCC(C2)N3C(=O)OC(C)(C)C)ns1. The molecule has 0 saturated carbocycles. The lowest BCUT2D eigenvalue weighted by molar-refractivity contribution is 0.00558. The maximum atomic E-state index is 12.8. The van der Waals surface area contributed by atoms with E-state index in [9.17, 15) is 4.79 Å². The highest BCUT2D eigenvalue weighted by atomic mass is 79.9. The quantitative estimate of drug-likeness (QED) is 0.365. The molecule has 11 heteroatoms. The minimum atomic E-state index is -0.496. The smallest absolute Gasteiger partial charge is 0.410 e. The van der Waals surface area contributed by atoms with Crippen molar-refractivity contribution >= 4 is 44.5 Å². The van der Waals surface area contributed by atoms with Gasteiger partial charge in [0.15, 0.2) is 11.6 Å². The third kappa shape index (κ3) is 5.46. The lowest BCUT2D eigenvalue weighted by Gasteiger charge is -2.38. The van der Waals surface area contributed by atoms with E-state index in [2.05, 4.69) is 35.6 Å². The van der Waals surface area contributed by atoms with Crippen molar-refractivity contribution in [2.24, 2.45) is 0 Å². The first-order valence-corrected chi connectivity index (χ1v) is 13.6. The normalized spacial score (nSPS) is 21.4. The molecule has 2 unspecified atom stereocenters. The number of carbonyl (C=O) groups excluding carboxylic acids is 1. The summed E-state index contributed by atoms with van der Waals surface area (Å²) in [7, 11) is 0. The predicted molar refractivity (Wildman–Crippen MR) is 141 cm³/mol. The molecule has 5 heterocycles. The number of hydrogen-bond donors (Lipinski definition) is 1. The summed E-state index contributed by atoms with van der Waals surface area (Å²) in [6.45, 7) is 7.61. The van der Waals surface area contributed by atoms with E-state index in [1.165, 1.54) is 11.5 Å². The van der Waals surface area contributed by atoms with Crippen LogP contribution in [0.1, 0.15) is 63.9 Å². The second-order valence-corrected chi connectivity index (χ2v) is 11.9. The van der Waals surface area contributed by atoms with E-state index >= 15 is 0 Å². The van der Waals surface area contributed by atoms with Gasteiger partial charge in [-0.1, -0.05) is 0 Å². The molecule has 36 heavy (non-hydrogen) atoms. The maximum Gasteiger partial charge on any atom is 0.410 e. The molecule has 0 radical (unpaired) electrons. The highest BCUT2D eigenvalue weighted by Gasteiger charge is 2.46. The molecule has 9 nitrogen and oxygen atoms in total. The number of ether oxygens (including phenoxy) is 2. The Labute approximate surface area is 223 Å². The fraction of sp³-hybridized carbons (Fsp3) is 0.480. The van der Waals surface area contributed by atoms with Crippen LogP contribution < -0.4 is 10.1 Å². The van der Waals surface area contributed by atoms with Crippen molar-refractivity contribution in [1.29, 1.82) is 0 Å². The van der Waals surface area contributed by atoms with Crippen molar-refractivity contribution in [3.63, 3.8) is 0 Å². The summed E-state index contributed by atoms with van der Waals surface area (Å²) in [6, 6.07) is 5.89. The summed E-state index contributed by atoms with van der Waals surface area (Å²) in [4.78, 5) is 28.3. The van der Waals surface area contributed by atoms with Gasteiger partial charge in [0.2, 0.25) is 5.13 Å². The topological polar surface area (TPSA) is 102 Å². The zero-order valence-electron chi connectivity index (χ0n) is 20.7. The highest BCUT2D eigenvalue weighted by Crippen LogP contribution is 2.43. The molecule has 1 N–H and O–H groups in total. The molecule has 1 amide bonds. The molecule has 5 rings (SSSR count). The summed E-state index contributed by atoms with van der Waals surface area (Å²) < 4.78 is 17.2. The van der Waals surface area contributed by atoms with Gasteiger partial charge < -0.3 is 19.7 Å². The van der Waals surface area contributed by atoms with E-state index in [0.717, 1.165) is 41.7 Å². The number of anilines is 2. The second kappa shape index (κ2) is 9.93. The number of carbonyl (C=O) groups is 1. The van der Waals surface area contributed by atoms with Gasteiger partial charge in [-0.05, 0) is 81.4 Å². The van der Waals surface area contributed by atoms with Crippen LogP contribution in [0.2, 0.25) is 0 Å². The van der Waals surface area contributed by atoms with Crippen LogP contribution in [0.5, 0.6) is 11.5 Å². The van der Waals surface area contributed by atoms with Crippen LogP contribution in [0, 0.1) is 6.92 Å². The van der Waals surface area contributed by atoms with Crippen LogP contribution in [0.25, 0.3) is 0 Å². The van der Waals surface area contributed by atoms with Gasteiger partial charge in [-0.2, -0.15) is 4.37 Å². The molecule has 2 aliphatic rings. The Kier molecular flexibility index (Phi) is 6.86. The second-order valence-electron chi connectivity index (χ2n) is 10.2. The number of rotatable bonds is 5. The third-order valence-electron chi connectivity index (χ3n) is 6.37. The standard InChI is InChI=1S/C25H29BrN6O3S/c1-14-19(6-5-9-27-14)34-20-12-16(26)13-28-22(20)30-23-29-21(31-36-23)15-10-17-7-8-18(11-15)32(17)24(33)35-25(2,3)4/h5-6,9,12-13,15,17-18H,7-8,10-11H2,1-4H3,(H,28,29,30,31). The summed E-state index contributed by atoms with van der Waals surface area (Å²) in [5, 5.41) is 3.92. The highest BCUT2D eigenvalue weighted by molar-refractivity contribution is 9.10. The zero-order chi connectivity index (χ0) is 25.4. The molecule has 0 aliphatic carbocycles. The van der Waals surface area contributed by atoms with Crippen molar-refractivity contribution < 1.29 is 14.3 Å². The molecule has 3 aromatic heterocycles. The average Bonchev–Trinajstić information content (AvgIpc) is 3.38. The van der Waals surface area contributed by atoms with Gasteiger partial charge >= 0.3 is 6.09 Å². The van der Waals surface area contributed by atoms with Crippen LogP contribution in [0.3, 0.4) is 0 Å². The van der Waals surface area contributed by atoms with E-state index in [1.54, 1.807) is 12.4 Å². The van der Waals surface area contributed by atoms with Gasteiger partial charge in [-0.25, -0.2) is 14.8 Å². The Balaban J connectivity index is 1.29.